The van der Waals surface area contributed by atoms with Crippen LogP contribution in [-0.2, 0) is 4.57 Å². The van der Waals surface area contributed by atoms with E-state index >= 15 is 0 Å². The molecule has 1 radical (unpaired) electrons. The highest BCUT2D eigenvalue weighted by Gasteiger charge is 2.22. The molecule has 0 aliphatic rings. The van der Waals surface area contributed by atoms with Gasteiger partial charge in [0.25, 0.3) is 0 Å². The van der Waals surface area contributed by atoms with Gasteiger partial charge in [0.2, 0.25) is 0 Å². The molecule has 0 saturated carbocycles. The quantitative estimate of drug-likeness (QED) is 0.601. The van der Waals surface area contributed by atoms with Gasteiger partial charge in [-0.1, -0.05) is 13.3 Å². The van der Waals surface area contributed by atoms with Crippen molar-refractivity contribution in [3.8, 4) is 0 Å². The first-order chi connectivity index (χ1) is 3.98. The summed E-state index contributed by atoms with van der Waals surface area (Å²) in [6.07, 6.45) is 1.31. The van der Waals surface area contributed by atoms with Crippen molar-refractivity contribution < 1.29 is 14.4 Å². The lowest BCUT2D eigenvalue weighted by atomic mass is 10.3. The highest BCUT2D eigenvalue weighted by molar-refractivity contribution is 7.55. The van der Waals surface area contributed by atoms with Crippen LogP contribution in [-0.4, -0.2) is 9.79 Å². The zero-order valence-corrected chi connectivity index (χ0v) is 6.56. The molecule has 0 bridgehead atoms. The summed E-state index contributed by atoms with van der Waals surface area (Å²) in [5.74, 6) is 0. The van der Waals surface area contributed by atoms with Gasteiger partial charge in [-0.2, -0.15) is 0 Å². The molecule has 0 spiro atoms. The Morgan fingerprint density at radius 1 is 1.56 bits per heavy atom. The molecular weight excluding hydrogens is 139 g/mol. The Morgan fingerprint density at radius 2 is 2.00 bits per heavy atom. The molecule has 2 N–H and O–H groups in total. The van der Waals surface area contributed by atoms with Crippen molar-refractivity contribution >= 4 is 7.60 Å². The van der Waals surface area contributed by atoms with Crippen LogP contribution in [0.1, 0.15) is 26.7 Å². The van der Waals surface area contributed by atoms with Crippen LogP contribution in [0.15, 0.2) is 0 Å². The number of hydrogen-bond acceptors (Lipinski definition) is 1. The maximum Gasteiger partial charge on any atom is 0.332 e. The molecule has 55 valence electrons. The summed E-state index contributed by atoms with van der Waals surface area (Å²) in [4.78, 5) is 17.0. The first-order valence-electron chi connectivity index (χ1n) is 2.87. The van der Waals surface area contributed by atoms with E-state index in [9.17, 15) is 4.57 Å². The molecule has 0 heterocycles. The summed E-state index contributed by atoms with van der Waals surface area (Å²) in [6, 6.07) is 0. The second kappa shape index (κ2) is 3.35. The summed E-state index contributed by atoms with van der Waals surface area (Å²) in [5.41, 5.74) is 0.282. The lowest BCUT2D eigenvalue weighted by molar-refractivity contribution is 0.371. The zero-order valence-electron chi connectivity index (χ0n) is 5.66. The molecular formula is C5H12O3P. The van der Waals surface area contributed by atoms with E-state index in [0.29, 0.717) is 6.42 Å². The fourth-order valence-electron chi connectivity index (χ4n) is 0.507. The Morgan fingerprint density at radius 3 is 2.11 bits per heavy atom. The first-order valence-corrected chi connectivity index (χ1v) is 4.48. The lowest BCUT2D eigenvalue weighted by Gasteiger charge is -2.09. The Bertz CT molecular complexity index is 117. The fourth-order valence-corrected chi connectivity index (χ4v) is 1.02. The standard InChI is InChI=1S/C5H12O3P/c1-3-4-5(2)9(6,7)8/h3-4H2,1-2H3,(H2,6,7,8). The highest BCUT2D eigenvalue weighted by Crippen LogP contribution is 2.48. The highest BCUT2D eigenvalue weighted by atomic mass is 31.2. The minimum Gasteiger partial charge on any atom is -0.324 e. The van der Waals surface area contributed by atoms with Gasteiger partial charge < -0.3 is 9.79 Å². The molecule has 0 aromatic rings. The van der Waals surface area contributed by atoms with Crippen molar-refractivity contribution in [3.63, 3.8) is 0 Å². The van der Waals surface area contributed by atoms with Gasteiger partial charge in [0.15, 0.2) is 0 Å². The van der Waals surface area contributed by atoms with E-state index in [2.05, 4.69) is 0 Å². The number of hydrogen-bond donors (Lipinski definition) is 2. The predicted octanol–water partition coefficient (Wildman–Crippen LogP) is 1.52. The van der Waals surface area contributed by atoms with Crippen LogP contribution in [0.25, 0.3) is 0 Å². The van der Waals surface area contributed by atoms with Crippen LogP contribution in [0.5, 0.6) is 0 Å². The average Bonchev–Trinajstić information content (AvgIpc) is 1.64. The molecule has 0 amide bonds. The van der Waals surface area contributed by atoms with Gasteiger partial charge in [-0.05, 0) is 13.3 Å². The molecule has 0 unspecified atom stereocenters. The van der Waals surface area contributed by atoms with E-state index in [-0.39, 0.29) is 5.66 Å². The second-order valence-corrected chi connectivity index (χ2v) is 3.88. The summed E-state index contributed by atoms with van der Waals surface area (Å²) in [7, 11) is -3.86. The lowest BCUT2D eigenvalue weighted by Crippen LogP contribution is -1.91. The molecule has 0 aromatic carbocycles. The van der Waals surface area contributed by atoms with Crippen molar-refractivity contribution in [2.45, 2.75) is 26.7 Å². The van der Waals surface area contributed by atoms with E-state index in [1.54, 1.807) is 0 Å². The molecule has 0 aliphatic heterocycles. The minimum atomic E-state index is -3.86. The Labute approximate surface area is 55.3 Å². The minimum absolute atomic E-state index is 0.282. The Balaban J connectivity index is 3.74. The summed E-state index contributed by atoms with van der Waals surface area (Å²) in [5, 5.41) is 0. The third kappa shape index (κ3) is 3.68. The largest absolute Gasteiger partial charge is 0.332 e. The van der Waals surface area contributed by atoms with Crippen LogP contribution < -0.4 is 0 Å². The maximum absolute atomic E-state index is 10.4. The van der Waals surface area contributed by atoms with E-state index in [0.717, 1.165) is 6.42 Å². The van der Waals surface area contributed by atoms with Gasteiger partial charge in [0.05, 0.1) is 5.66 Å². The second-order valence-electron chi connectivity index (χ2n) is 2.03. The Kier molecular flexibility index (Phi) is 3.41. The molecule has 3 nitrogen and oxygen atoms in total. The molecule has 0 fully saturated rings. The van der Waals surface area contributed by atoms with Gasteiger partial charge >= 0.3 is 7.60 Å². The summed E-state index contributed by atoms with van der Waals surface area (Å²) < 4.78 is 10.4. The van der Waals surface area contributed by atoms with Gasteiger partial charge in [-0.15, -0.1) is 0 Å². The SMILES string of the molecule is CCC[C](C)P(=O)(O)O. The van der Waals surface area contributed by atoms with Crippen molar-refractivity contribution in [1.82, 2.24) is 0 Å². The summed E-state index contributed by atoms with van der Waals surface area (Å²) in [6.45, 7) is 3.38. The third-order valence-corrected chi connectivity index (χ3v) is 2.33. The van der Waals surface area contributed by atoms with Crippen LogP contribution in [0.4, 0.5) is 0 Å². The van der Waals surface area contributed by atoms with Crippen molar-refractivity contribution in [2.24, 2.45) is 0 Å². The van der Waals surface area contributed by atoms with Crippen molar-refractivity contribution in [2.75, 3.05) is 0 Å². The Hall–Kier alpha value is 0.150. The fraction of sp³-hybridized carbons (Fsp3) is 0.800. The monoisotopic (exact) mass is 151 g/mol. The van der Waals surface area contributed by atoms with Gasteiger partial charge in [0, 0.05) is 0 Å². The van der Waals surface area contributed by atoms with Gasteiger partial charge in [-0.3, -0.25) is 4.57 Å². The predicted molar refractivity (Wildman–Crippen MR) is 35.9 cm³/mol. The normalized spacial score (nSPS) is 12.6. The molecule has 9 heavy (non-hydrogen) atoms. The first kappa shape index (κ1) is 9.15. The average molecular weight is 151 g/mol. The summed E-state index contributed by atoms with van der Waals surface area (Å²) >= 11 is 0. The van der Waals surface area contributed by atoms with E-state index < -0.39 is 7.60 Å². The van der Waals surface area contributed by atoms with Crippen LogP contribution in [0.2, 0.25) is 0 Å². The van der Waals surface area contributed by atoms with Crippen LogP contribution in [0.3, 0.4) is 0 Å². The van der Waals surface area contributed by atoms with E-state index in [1.807, 2.05) is 6.92 Å². The van der Waals surface area contributed by atoms with Crippen LogP contribution in [0, 0.1) is 5.66 Å². The molecule has 0 aliphatic carbocycles. The van der Waals surface area contributed by atoms with Crippen molar-refractivity contribution in [1.29, 1.82) is 0 Å². The maximum atomic E-state index is 10.4. The molecule has 4 heteroatoms. The van der Waals surface area contributed by atoms with Gasteiger partial charge in [0.1, 0.15) is 0 Å². The van der Waals surface area contributed by atoms with Crippen LogP contribution >= 0.6 is 7.60 Å². The smallest absolute Gasteiger partial charge is 0.324 e. The van der Waals surface area contributed by atoms with Crippen molar-refractivity contribution in [3.05, 3.63) is 5.66 Å². The number of rotatable bonds is 3. The van der Waals surface area contributed by atoms with E-state index in [1.165, 1.54) is 6.92 Å². The molecule has 0 rings (SSSR count). The van der Waals surface area contributed by atoms with E-state index in [4.69, 9.17) is 9.79 Å². The molecule has 0 atom stereocenters. The van der Waals surface area contributed by atoms with Gasteiger partial charge in [-0.25, -0.2) is 0 Å². The zero-order chi connectivity index (χ0) is 7.49. The third-order valence-electron chi connectivity index (χ3n) is 1.11. The molecule has 0 saturated heterocycles. The molecule has 0 aromatic heterocycles. The topological polar surface area (TPSA) is 57.5 Å².